The zero-order valence-electron chi connectivity index (χ0n) is 16.9. The summed E-state index contributed by atoms with van der Waals surface area (Å²) in [6, 6.07) is 13.5. The number of urea groups is 1. The Morgan fingerprint density at radius 3 is 2.47 bits per heavy atom. The molecule has 1 saturated heterocycles. The number of likely N-dealkylation sites (N-methyl/N-ethyl adjacent to an activating group) is 1. The fourth-order valence-electron chi connectivity index (χ4n) is 3.46. The molecule has 2 aliphatic rings. The number of carbonyl (C=O) groups is 2. The molecule has 0 aliphatic carbocycles. The molecular weight excluding hydrogens is 424 g/mol. The molecule has 9 heteroatoms. The van der Waals surface area contributed by atoms with Crippen LogP contribution in [0.3, 0.4) is 0 Å². The highest BCUT2D eigenvalue weighted by atomic mass is 35.5. The molecule has 1 N–H and O–H groups in total. The highest BCUT2D eigenvalue weighted by Crippen LogP contribution is 2.49. The van der Waals surface area contributed by atoms with Crippen molar-refractivity contribution < 1.29 is 26.7 Å². The Hall–Kier alpha value is -2.42. The van der Waals surface area contributed by atoms with Gasteiger partial charge in [-0.15, -0.1) is 0 Å². The second-order valence-electron chi connectivity index (χ2n) is 7.01. The van der Waals surface area contributed by atoms with E-state index < -0.39 is 6.09 Å². The number of ether oxygens (including phenoxy) is 1. The number of carbonyl (C=O) groups excluding carboxylic acids is 2. The Bertz CT molecular complexity index is 934. The molecule has 2 aromatic rings. The summed E-state index contributed by atoms with van der Waals surface area (Å²) in [7, 11) is 2.07. The van der Waals surface area contributed by atoms with Gasteiger partial charge in [-0.3, -0.25) is 10.2 Å². The standard InChI is InChI=1S/C21H24N4O3S.ClH/c1-3-28-20(26)22-15-8-9-19-17(14-15)25(16-6-4-5-7-18(16)29-19)21(27)24-12-10-23(2)11-13-24;/h4-9,14H,3,10-13H2,1-2H3,(H,22,26);1H/p-1. The molecule has 0 aromatic heterocycles. The molecule has 7 nitrogen and oxygen atoms in total. The predicted molar refractivity (Wildman–Crippen MR) is 114 cm³/mol. The molecule has 0 radical (unpaired) electrons. The normalized spacial score (nSPS) is 15.5. The van der Waals surface area contributed by atoms with E-state index >= 15 is 0 Å². The lowest BCUT2D eigenvalue weighted by Gasteiger charge is -2.38. The number of fused-ring (bicyclic) bond motifs is 2. The first-order chi connectivity index (χ1) is 14.1. The number of nitrogens with zero attached hydrogens (tertiary/aromatic N) is 3. The highest BCUT2D eigenvalue weighted by molar-refractivity contribution is 7.99. The van der Waals surface area contributed by atoms with Gasteiger partial charge in [-0.25, -0.2) is 9.59 Å². The van der Waals surface area contributed by atoms with E-state index in [4.69, 9.17) is 4.74 Å². The van der Waals surface area contributed by atoms with Gasteiger partial charge in [0.05, 0.1) is 18.0 Å². The van der Waals surface area contributed by atoms with Gasteiger partial charge in [-0.2, -0.15) is 0 Å². The largest absolute Gasteiger partial charge is 1.00 e. The van der Waals surface area contributed by atoms with Crippen LogP contribution in [0, 0.1) is 0 Å². The Balaban J connectivity index is 0.00000256. The number of hydrogen-bond acceptors (Lipinski definition) is 5. The smallest absolute Gasteiger partial charge is 0.411 e. The Morgan fingerprint density at radius 1 is 1.03 bits per heavy atom. The van der Waals surface area contributed by atoms with E-state index in [0.717, 1.165) is 34.3 Å². The van der Waals surface area contributed by atoms with Crippen LogP contribution in [-0.4, -0.2) is 61.8 Å². The number of hydrogen-bond donors (Lipinski definition) is 1. The van der Waals surface area contributed by atoms with Crippen LogP contribution in [-0.2, 0) is 4.74 Å². The molecule has 2 aromatic carbocycles. The number of amides is 3. The molecule has 2 aliphatic heterocycles. The molecule has 1 fully saturated rings. The number of para-hydroxylation sites is 1. The summed E-state index contributed by atoms with van der Waals surface area (Å²) < 4.78 is 4.98. The summed E-state index contributed by atoms with van der Waals surface area (Å²) in [5.74, 6) is 0. The summed E-state index contributed by atoms with van der Waals surface area (Å²) >= 11 is 1.62. The molecular formula is C21H24ClN4O3S-. The first-order valence-corrected chi connectivity index (χ1v) is 10.5. The second kappa shape index (κ2) is 9.59. The Morgan fingerprint density at radius 2 is 1.73 bits per heavy atom. The van der Waals surface area contributed by atoms with Crippen molar-refractivity contribution in [3.05, 3.63) is 42.5 Å². The van der Waals surface area contributed by atoms with Crippen LogP contribution in [0.15, 0.2) is 52.3 Å². The van der Waals surface area contributed by atoms with Crippen LogP contribution in [0.5, 0.6) is 0 Å². The molecule has 2 heterocycles. The van der Waals surface area contributed by atoms with Crippen LogP contribution >= 0.6 is 11.8 Å². The van der Waals surface area contributed by atoms with Crippen molar-refractivity contribution >= 4 is 40.9 Å². The lowest BCUT2D eigenvalue weighted by atomic mass is 10.2. The van der Waals surface area contributed by atoms with Crippen LogP contribution < -0.4 is 22.6 Å². The van der Waals surface area contributed by atoms with Gasteiger partial charge in [0.15, 0.2) is 0 Å². The number of rotatable bonds is 2. The van der Waals surface area contributed by atoms with E-state index in [-0.39, 0.29) is 18.4 Å². The number of nitrogens with one attached hydrogen (secondary N) is 1. The quantitative estimate of drug-likeness (QED) is 0.750. The zero-order chi connectivity index (χ0) is 20.4. The topological polar surface area (TPSA) is 65.1 Å². The van der Waals surface area contributed by atoms with Crippen molar-refractivity contribution in [3.63, 3.8) is 0 Å². The number of piperazine rings is 1. The van der Waals surface area contributed by atoms with E-state index in [2.05, 4.69) is 17.3 Å². The fraction of sp³-hybridized carbons (Fsp3) is 0.333. The zero-order valence-corrected chi connectivity index (χ0v) is 18.5. The molecule has 0 bridgehead atoms. The van der Waals surface area contributed by atoms with E-state index in [9.17, 15) is 9.59 Å². The molecule has 0 saturated carbocycles. The molecule has 3 amide bonds. The Kier molecular flexibility index (Phi) is 7.12. The van der Waals surface area contributed by atoms with Gasteiger partial charge >= 0.3 is 12.1 Å². The first kappa shape index (κ1) is 22.3. The highest BCUT2D eigenvalue weighted by Gasteiger charge is 2.32. The number of benzene rings is 2. The lowest BCUT2D eigenvalue weighted by Crippen LogP contribution is -3.00. The van der Waals surface area contributed by atoms with Crippen molar-refractivity contribution in [1.82, 2.24) is 9.80 Å². The van der Waals surface area contributed by atoms with Gasteiger partial charge < -0.3 is 26.9 Å². The fourth-order valence-corrected chi connectivity index (χ4v) is 4.50. The molecule has 0 spiro atoms. The monoisotopic (exact) mass is 447 g/mol. The molecule has 0 unspecified atom stereocenters. The van der Waals surface area contributed by atoms with Gasteiger partial charge in [0, 0.05) is 41.7 Å². The molecule has 4 rings (SSSR count). The van der Waals surface area contributed by atoms with Gasteiger partial charge in [0.1, 0.15) is 0 Å². The third-order valence-corrected chi connectivity index (χ3v) is 6.14. The van der Waals surface area contributed by atoms with Gasteiger partial charge in [-0.1, -0.05) is 23.9 Å². The maximum absolute atomic E-state index is 13.5. The summed E-state index contributed by atoms with van der Waals surface area (Å²) in [4.78, 5) is 33.3. The van der Waals surface area contributed by atoms with Crippen molar-refractivity contribution in [1.29, 1.82) is 0 Å². The molecule has 30 heavy (non-hydrogen) atoms. The van der Waals surface area contributed by atoms with E-state index in [0.29, 0.717) is 25.4 Å². The van der Waals surface area contributed by atoms with E-state index in [1.54, 1.807) is 23.6 Å². The minimum atomic E-state index is -0.506. The van der Waals surface area contributed by atoms with Crippen LogP contribution in [0.4, 0.5) is 26.7 Å². The van der Waals surface area contributed by atoms with E-state index in [1.807, 2.05) is 47.4 Å². The lowest BCUT2D eigenvalue weighted by molar-refractivity contribution is -0.0000149. The maximum Gasteiger partial charge on any atom is 0.411 e. The van der Waals surface area contributed by atoms with Crippen LogP contribution in [0.1, 0.15) is 6.92 Å². The number of anilines is 3. The van der Waals surface area contributed by atoms with Crippen LogP contribution in [0.25, 0.3) is 0 Å². The van der Waals surface area contributed by atoms with Crippen molar-refractivity contribution in [2.75, 3.05) is 50.1 Å². The van der Waals surface area contributed by atoms with Gasteiger partial charge in [0.2, 0.25) is 0 Å². The summed E-state index contributed by atoms with van der Waals surface area (Å²) in [5, 5.41) is 2.73. The van der Waals surface area contributed by atoms with Crippen LogP contribution in [0.2, 0.25) is 0 Å². The minimum absolute atomic E-state index is 0. The molecule has 160 valence electrons. The van der Waals surface area contributed by atoms with Crippen molar-refractivity contribution in [2.24, 2.45) is 0 Å². The maximum atomic E-state index is 13.5. The number of halogens is 1. The van der Waals surface area contributed by atoms with E-state index in [1.165, 1.54) is 0 Å². The van der Waals surface area contributed by atoms with Crippen molar-refractivity contribution in [3.8, 4) is 0 Å². The molecule has 0 atom stereocenters. The predicted octanol–water partition coefficient (Wildman–Crippen LogP) is 1.23. The summed E-state index contributed by atoms with van der Waals surface area (Å²) in [6.45, 7) is 5.15. The Labute approximate surface area is 186 Å². The van der Waals surface area contributed by atoms with Gasteiger partial charge in [0.25, 0.3) is 0 Å². The SMILES string of the molecule is CCOC(=O)Nc1ccc2c(c1)N(C(=O)N1CCN(C)CC1)c1ccccc1S2.[Cl-]. The van der Waals surface area contributed by atoms with Crippen molar-refractivity contribution in [2.45, 2.75) is 16.7 Å². The summed E-state index contributed by atoms with van der Waals surface area (Å²) in [6.07, 6.45) is -0.506. The average molecular weight is 448 g/mol. The second-order valence-corrected chi connectivity index (χ2v) is 8.09. The third-order valence-electron chi connectivity index (χ3n) is 5.01. The third kappa shape index (κ3) is 4.50. The average Bonchev–Trinajstić information content (AvgIpc) is 2.72. The minimum Gasteiger partial charge on any atom is -1.00 e. The van der Waals surface area contributed by atoms with Gasteiger partial charge in [-0.05, 0) is 44.3 Å². The first-order valence-electron chi connectivity index (χ1n) is 9.69. The summed E-state index contributed by atoms with van der Waals surface area (Å²) in [5.41, 5.74) is 2.23.